The van der Waals surface area contributed by atoms with Gasteiger partial charge in [-0.05, 0) is 25.7 Å². The average Bonchev–Trinajstić information content (AvgIpc) is 3.17. The fourth-order valence-electron chi connectivity index (χ4n) is 4.75. The molecule has 0 aromatic carbocycles. The van der Waals surface area contributed by atoms with Crippen molar-refractivity contribution in [2.75, 3.05) is 39.8 Å². The number of hydrogen-bond acceptors (Lipinski definition) is 4. The SMILES string of the molecule is CN(C(=O)CN1CCN(C2CCCC2)CC1)C1(C#N)CCCCC1. The van der Waals surface area contributed by atoms with Crippen molar-refractivity contribution in [2.24, 2.45) is 0 Å². The first kappa shape index (κ1) is 17.7. The number of amides is 1. The molecule has 3 aliphatic rings. The fourth-order valence-corrected chi connectivity index (χ4v) is 4.75. The lowest BCUT2D eigenvalue weighted by Gasteiger charge is -2.41. The molecule has 3 fully saturated rings. The van der Waals surface area contributed by atoms with Crippen LogP contribution in [0, 0.1) is 11.3 Å². The average molecular weight is 332 g/mol. The molecule has 0 bridgehead atoms. The van der Waals surface area contributed by atoms with E-state index in [1.807, 2.05) is 7.05 Å². The number of hydrogen-bond donors (Lipinski definition) is 0. The van der Waals surface area contributed by atoms with Crippen LogP contribution in [-0.2, 0) is 4.79 Å². The molecule has 0 aromatic heterocycles. The van der Waals surface area contributed by atoms with Crippen molar-refractivity contribution in [1.82, 2.24) is 14.7 Å². The molecule has 0 spiro atoms. The van der Waals surface area contributed by atoms with Crippen LogP contribution in [0.1, 0.15) is 57.8 Å². The maximum atomic E-state index is 12.7. The number of nitriles is 1. The summed E-state index contributed by atoms with van der Waals surface area (Å²) in [7, 11) is 1.84. The van der Waals surface area contributed by atoms with Crippen LogP contribution in [0.3, 0.4) is 0 Å². The third kappa shape index (κ3) is 3.75. The number of rotatable bonds is 4. The standard InChI is InChI=1S/C19H32N4O/c1-21(19(16-20)9-5-2-6-10-19)18(24)15-22-11-13-23(14-12-22)17-7-3-4-8-17/h17H,2-15H2,1H3. The molecule has 0 N–H and O–H groups in total. The van der Waals surface area contributed by atoms with Gasteiger partial charge in [-0.15, -0.1) is 0 Å². The smallest absolute Gasteiger partial charge is 0.237 e. The summed E-state index contributed by atoms with van der Waals surface area (Å²) in [5.41, 5.74) is -0.555. The van der Waals surface area contributed by atoms with Crippen molar-refractivity contribution < 1.29 is 4.79 Å². The van der Waals surface area contributed by atoms with Gasteiger partial charge in [-0.1, -0.05) is 32.1 Å². The molecule has 0 aromatic rings. The highest BCUT2D eigenvalue weighted by Gasteiger charge is 2.39. The zero-order valence-electron chi connectivity index (χ0n) is 15.2. The van der Waals surface area contributed by atoms with Gasteiger partial charge < -0.3 is 4.90 Å². The molecule has 3 rings (SSSR count). The zero-order valence-corrected chi connectivity index (χ0v) is 15.2. The monoisotopic (exact) mass is 332 g/mol. The molecule has 24 heavy (non-hydrogen) atoms. The van der Waals surface area contributed by atoms with Gasteiger partial charge in [0.1, 0.15) is 5.54 Å². The zero-order chi connectivity index (χ0) is 17.0. The Hall–Kier alpha value is -1.12. The van der Waals surface area contributed by atoms with Crippen LogP contribution in [-0.4, -0.2) is 72.0 Å². The molecular formula is C19H32N4O. The first-order valence-corrected chi connectivity index (χ1v) is 9.79. The second kappa shape index (κ2) is 7.84. The highest BCUT2D eigenvalue weighted by atomic mass is 16.2. The van der Waals surface area contributed by atoms with Crippen molar-refractivity contribution in [2.45, 2.75) is 69.4 Å². The molecule has 2 saturated carbocycles. The van der Waals surface area contributed by atoms with Crippen LogP contribution in [0.5, 0.6) is 0 Å². The molecule has 5 heteroatoms. The molecule has 1 heterocycles. The number of carbonyl (C=O) groups excluding carboxylic acids is 1. The highest BCUT2D eigenvalue weighted by Crippen LogP contribution is 2.32. The molecule has 0 atom stereocenters. The van der Waals surface area contributed by atoms with Gasteiger partial charge in [-0.25, -0.2) is 0 Å². The highest BCUT2D eigenvalue weighted by molar-refractivity contribution is 5.79. The van der Waals surface area contributed by atoms with Crippen LogP contribution in [0.15, 0.2) is 0 Å². The third-order valence-corrected chi connectivity index (χ3v) is 6.51. The van der Waals surface area contributed by atoms with Crippen LogP contribution in [0.2, 0.25) is 0 Å². The Morgan fingerprint density at radius 2 is 1.71 bits per heavy atom. The Morgan fingerprint density at radius 1 is 1.08 bits per heavy atom. The number of carbonyl (C=O) groups is 1. The van der Waals surface area contributed by atoms with Gasteiger partial charge in [0.2, 0.25) is 5.91 Å². The molecular weight excluding hydrogens is 300 g/mol. The van der Waals surface area contributed by atoms with Crippen LogP contribution >= 0.6 is 0 Å². The minimum absolute atomic E-state index is 0.118. The van der Waals surface area contributed by atoms with Crippen molar-refractivity contribution in [1.29, 1.82) is 5.26 Å². The topological polar surface area (TPSA) is 50.6 Å². The predicted octanol–water partition coefficient (Wildman–Crippen LogP) is 2.23. The van der Waals surface area contributed by atoms with E-state index in [0.717, 1.165) is 57.9 Å². The Morgan fingerprint density at radius 3 is 2.29 bits per heavy atom. The maximum absolute atomic E-state index is 12.7. The lowest BCUT2D eigenvalue weighted by Crippen LogP contribution is -2.55. The van der Waals surface area contributed by atoms with Gasteiger partial charge in [0.05, 0.1) is 12.6 Å². The first-order chi connectivity index (χ1) is 11.6. The quantitative estimate of drug-likeness (QED) is 0.792. The van der Waals surface area contributed by atoms with Gasteiger partial charge in [0.15, 0.2) is 0 Å². The molecule has 134 valence electrons. The minimum Gasteiger partial charge on any atom is -0.326 e. The molecule has 5 nitrogen and oxygen atoms in total. The van der Waals surface area contributed by atoms with E-state index < -0.39 is 5.54 Å². The van der Waals surface area contributed by atoms with E-state index in [-0.39, 0.29) is 5.91 Å². The number of nitrogens with zero attached hydrogens (tertiary/aromatic N) is 4. The van der Waals surface area contributed by atoms with Gasteiger partial charge in [-0.3, -0.25) is 14.6 Å². The van der Waals surface area contributed by atoms with Gasteiger partial charge in [0.25, 0.3) is 0 Å². The Bertz CT molecular complexity index is 466. The Kier molecular flexibility index (Phi) is 5.78. The summed E-state index contributed by atoms with van der Waals surface area (Å²) in [5.74, 6) is 0.118. The Balaban J connectivity index is 1.49. The summed E-state index contributed by atoms with van der Waals surface area (Å²) in [4.78, 5) is 19.4. The third-order valence-electron chi connectivity index (χ3n) is 6.51. The van der Waals surface area contributed by atoms with E-state index in [2.05, 4.69) is 15.9 Å². The lowest BCUT2D eigenvalue weighted by molar-refractivity contribution is -0.136. The van der Waals surface area contributed by atoms with Crippen molar-refractivity contribution in [3.8, 4) is 6.07 Å². The summed E-state index contributed by atoms with van der Waals surface area (Å²) in [5, 5.41) is 9.66. The molecule has 2 aliphatic carbocycles. The van der Waals surface area contributed by atoms with Crippen LogP contribution in [0.25, 0.3) is 0 Å². The van der Waals surface area contributed by atoms with Crippen molar-refractivity contribution in [3.63, 3.8) is 0 Å². The lowest BCUT2D eigenvalue weighted by atomic mass is 9.81. The van der Waals surface area contributed by atoms with Gasteiger partial charge in [0, 0.05) is 39.3 Å². The number of piperazine rings is 1. The second-order valence-electron chi connectivity index (χ2n) is 7.91. The summed E-state index contributed by atoms with van der Waals surface area (Å²) in [6.45, 7) is 4.61. The largest absolute Gasteiger partial charge is 0.326 e. The summed E-state index contributed by atoms with van der Waals surface area (Å²) in [6.07, 6.45) is 10.4. The van der Waals surface area contributed by atoms with Crippen molar-refractivity contribution in [3.05, 3.63) is 0 Å². The van der Waals surface area contributed by atoms with E-state index in [1.54, 1.807) is 4.90 Å². The molecule has 0 unspecified atom stereocenters. The molecule has 0 radical (unpaired) electrons. The van der Waals surface area contributed by atoms with E-state index in [1.165, 1.54) is 32.1 Å². The van der Waals surface area contributed by atoms with Gasteiger partial charge >= 0.3 is 0 Å². The van der Waals surface area contributed by atoms with E-state index in [9.17, 15) is 10.1 Å². The molecule has 1 amide bonds. The Labute approximate surface area is 146 Å². The summed E-state index contributed by atoms with van der Waals surface area (Å²) >= 11 is 0. The van der Waals surface area contributed by atoms with Crippen molar-refractivity contribution >= 4 is 5.91 Å². The molecule has 1 saturated heterocycles. The predicted molar refractivity (Wildman–Crippen MR) is 94.5 cm³/mol. The first-order valence-electron chi connectivity index (χ1n) is 9.79. The minimum atomic E-state index is -0.555. The summed E-state index contributed by atoms with van der Waals surface area (Å²) in [6, 6.07) is 3.24. The maximum Gasteiger partial charge on any atom is 0.237 e. The van der Waals surface area contributed by atoms with Crippen LogP contribution in [0.4, 0.5) is 0 Å². The van der Waals surface area contributed by atoms with E-state index >= 15 is 0 Å². The fraction of sp³-hybridized carbons (Fsp3) is 0.895. The second-order valence-corrected chi connectivity index (χ2v) is 7.91. The number of likely N-dealkylation sites (N-methyl/N-ethyl adjacent to an activating group) is 1. The van der Waals surface area contributed by atoms with Crippen LogP contribution < -0.4 is 0 Å². The van der Waals surface area contributed by atoms with E-state index in [4.69, 9.17) is 0 Å². The van der Waals surface area contributed by atoms with E-state index in [0.29, 0.717) is 6.54 Å². The summed E-state index contributed by atoms with van der Waals surface area (Å²) < 4.78 is 0. The molecule has 1 aliphatic heterocycles. The normalized spacial score (nSPS) is 26.2. The van der Waals surface area contributed by atoms with Gasteiger partial charge in [-0.2, -0.15) is 5.26 Å².